The normalized spacial score (nSPS) is 10.0. The number of nitrogens with one attached hydrogen (secondary N) is 2. The van der Waals surface area contributed by atoms with E-state index in [4.69, 9.17) is 18.0 Å². The first kappa shape index (κ1) is 14.4. The van der Waals surface area contributed by atoms with Crippen LogP contribution in [0.4, 0.5) is 0 Å². The van der Waals surface area contributed by atoms with Crippen LogP contribution in [0.2, 0.25) is 5.02 Å². The lowest BCUT2D eigenvalue weighted by Crippen LogP contribution is -2.25. The van der Waals surface area contributed by atoms with E-state index in [1.807, 2.05) is 12.1 Å². The third-order valence-electron chi connectivity index (χ3n) is 2.30. The summed E-state index contributed by atoms with van der Waals surface area (Å²) in [6, 6.07) is 7.24. The molecule has 0 saturated heterocycles. The van der Waals surface area contributed by atoms with Crippen LogP contribution in [0.3, 0.4) is 0 Å². The number of thioether (sulfide) groups is 1. The Morgan fingerprint density at radius 3 is 2.90 bits per heavy atom. The number of terminal acetylenes is 1. The SMILES string of the molecule is C#CCNC(=O)CSc1n[nH]c(-c2ccc(Cl)cc2)n1. The zero-order valence-corrected chi connectivity index (χ0v) is 12.0. The summed E-state index contributed by atoms with van der Waals surface area (Å²) in [5.74, 6) is 3.04. The summed E-state index contributed by atoms with van der Waals surface area (Å²) in [6.07, 6.45) is 5.05. The summed E-state index contributed by atoms with van der Waals surface area (Å²) in [5, 5.41) is 10.6. The molecule has 0 spiro atoms. The molecule has 1 aromatic carbocycles. The van der Waals surface area contributed by atoms with Gasteiger partial charge in [-0.2, -0.15) is 0 Å². The molecule has 1 heterocycles. The molecule has 0 aliphatic rings. The van der Waals surface area contributed by atoms with Crippen molar-refractivity contribution in [3.05, 3.63) is 29.3 Å². The van der Waals surface area contributed by atoms with E-state index in [9.17, 15) is 4.79 Å². The van der Waals surface area contributed by atoms with E-state index < -0.39 is 0 Å². The minimum Gasteiger partial charge on any atom is -0.344 e. The largest absolute Gasteiger partial charge is 0.344 e. The van der Waals surface area contributed by atoms with Crippen molar-refractivity contribution in [2.24, 2.45) is 0 Å². The predicted octanol–water partition coefficient (Wildman–Crippen LogP) is 1.97. The maximum Gasteiger partial charge on any atom is 0.231 e. The molecule has 0 radical (unpaired) electrons. The Morgan fingerprint density at radius 2 is 2.20 bits per heavy atom. The highest BCUT2D eigenvalue weighted by molar-refractivity contribution is 7.99. The quantitative estimate of drug-likeness (QED) is 0.654. The van der Waals surface area contributed by atoms with E-state index in [2.05, 4.69) is 26.4 Å². The number of nitrogens with zero attached hydrogens (tertiary/aromatic N) is 2. The summed E-state index contributed by atoms with van der Waals surface area (Å²) < 4.78 is 0. The van der Waals surface area contributed by atoms with Gasteiger partial charge >= 0.3 is 0 Å². The topological polar surface area (TPSA) is 70.7 Å². The second kappa shape index (κ2) is 6.98. The second-order valence-corrected chi connectivity index (χ2v) is 5.12. The Morgan fingerprint density at radius 1 is 1.45 bits per heavy atom. The number of benzene rings is 1. The molecule has 7 heteroatoms. The number of aromatic nitrogens is 3. The number of amides is 1. The number of hydrogen-bond donors (Lipinski definition) is 2. The minimum atomic E-state index is -0.147. The molecule has 0 aliphatic heterocycles. The third-order valence-corrected chi connectivity index (χ3v) is 3.40. The van der Waals surface area contributed by atoms with Gasteiger partial charge in [-0.3, -0.25) is 9.89 Å². The molecule has 0 saturated carbocycles. The molecule has 0 bridgehead atoms. The summed E-state index contributed by atoms with van der Waals surface area (Å²) in [6.45, 7) is 0.226. The van der Waals surface area contributed by atoms with Gasteiger partial charge in [0.1, 0.15) is 0 Å². The summed E-state index contributed by atoms with van der Waals surface area (Å²) in [5.41, 5.74) is 0.880. The van der Waals surface area contributed by atoms with Crippen LogP contribution < -0.4 is 5.32 Å². The fourth-order valence-corrected chi connectivity index (χ4v) is 2.13. The van der Waals surface area contributed by atoms with Gasteiger partial charge in [0.2, 0.25) is 11.1 Å². The highest BCUT2D eigenvalue weighted by Crippen LogP contribution is 2.20. The van der Waals surface area contributed by atoms with Crippen LogP contribution in [0.1, 0.15) is 0 Å². The molecule has 2 rings (SSSR count). The lowest BCUT2D eigenvalue weighted by molar-refractivity contribution is -0.118. The highest BCUT2D eigenvalue weighted by Gasteiger charge is 2.08. The van der Waals surface area contributed by atoms with E-state index >= 15 is 0 Å². The Hall–Kier alpha value is -1.97. The van der Waals surface area contributed by atoms with Gasteiger partial charge in [0.15, 0.2) is 5.82 Å². The first-order valence-electron chi connectivity index (χ1n) is 5.70. The van der Waals surface area contributed by atoms with E-state index in [-0.39, 0.29) is 18.2 Å². The molecule has 102 valence electrons. The Bertz CT molecular complexity index is 633. The van der Waals surface area contributed by atoms with Crippen molar-refractivity contribution < 1.29 is 4.79 Å². The molecule has 2 aromatic rings. The van der Waals surface area contributed by atoms with E-state index in [0.717, 1.165) is 5.56 Å². The molecule has 1 amide bonds. The number of carbonyl (C=O) groups is 1. The molecule has 0 fully saturated rings. The molecular formula is C13H11ClN4OS. The van der Waals surface area contributed by atoms with Gasteiger partial charge in [-0.25, -0.2) is 4.98 Å². The van der Waals surface area contributed by atoms with Gasteiger partial charge in [0, 0.05) is 10.6 Å². The van der Waals surface area contributed by atoms with Gasteiger partial charge in [-0.15, -0.1) is 11.5 Å². The van der Waals surface area contributed by atoms with Crippen molar-refractivity contribution in [3.63, 3.8) is 0 Å². The standard InChI is InChI=1S/C13H11ClN4OS/c1-2-7-15-11(19)8-20-13-16-12(17-18-13)9-3-5-10(14)6-4-9/h1,3-6H,7-8H2,(H,15,19)(H,16,17,18). The third kappa shape index (κ3) is 4.02. The first-order valence-corrected chi connectivity index (χ1v) is 7.06. The van der Waals surface area contributed by atoms with Gasteiger partial charge in [0.05, 0.1) is 12.3 Å². The van der Waals surface area contributed by atoms with E-state index in [1.54, 1.807) is 12.1 Å². The number of carbonyl (C=O) groups excluding carboxylic acids is 1. The monoisotopic (exact) mass is 306 g/mol. The number of H-pyrrole nitrogens is 1. The Labute approximate surface area is 125 Å². The van der Waals surface area contributed by atoms with Crippen molar-refractivity contribution in [1.82, 2.24) is 20.5 Å². The average Bonchev–Trinajstić information content (AvgIpc) is 2.92. The summed E-state index contributed by atoms with van der Waals surface area (Å²) in [4.78, 5) is 15.7. The van der Waals surface area contributed by atoms with Crippen molar-refractivity contribution in [2.45, 2.75) is 5.16 Å². The second-order valence-electron chi connectivity index (χ2n) is 3.74. The number of rotatable bonds is 5. The van der Waals surface area contributed by atoms with Crippen LogP contribution in [0.25, 0.3) is 11.4 Å². The lowest BCUT2D eigenvalue weighted by Gasteiger charge is -1.98. The van der Waals surface area contributed by atoms with Crippen molar-refractivity contribution in [3.8, 4) is 23.7 Å². The maximum atomic E-state index is 11.4. The molecule has 1 aromatic heterocycles. The molecule has 5 nitrogen and oxygen atoms in total. The zero-order chi connectivity index (χ0) is 14.4. The fourth-order valence-electron chi connectivity index (χ4n) is 1.38. The van der Waals surface area contributed by atoms with Gasteiger partial charge < -0.3 is 5.32 Å². The Kier molecular flexibility index (Phi) is 5.04. The minimum absolute atomic E-state index is 0.147. The average molecular weight is 307 g/mol. The van der Waals surface area contributed by atoms with Crippen molar-refractivity contribution in [1.29, 1.82) is 0 Å². The molecule has 0 aliphatic carbocycles. The van der Waals surface area contributed by atoms with Gasteiger partial charge in [-0.05, 0) is 24.3 Å². The zero-order valence-electron chi connectivity index (χ0n) is 10.4. The number of aromatic amines is 1. The van der Waals surface area contributed by atoms with Crippen LogP contribution in [-0.4, -0.2) is 33.4 Å². The van der Waals surface area contributed by atoms with Crippen molar-refractivity contribution >= 4 is 29.3 Å². The molecule has 0 unspecified atom stereocenters. The summed E-state index contributed by atoms with van der Waals surface area (Å²) in [7, 11) is 0. The van der Waals surface area contributed by atoms with E-state index in [1.165, 1.54) is 11.8 Å². The Balaban J connectivity index is 1.94. The fraction of sp³-hybridized carbons (Fsp3) is 0.154. The van der Waals surface area contributed by atoms with Crippen LogP contribution in [0.15, 0.2) is 29.4 Å². The smallest absolute Gasteiger partial charge is 0.231 e. The molecular weight excluding hydrogens is 296 g/mol. The highest BCUT2D eigenvalue weighted by atomic mass is 35.5. The summed E-state index contributed by atoms with van der Waals surface area (Å²) >= 11 is 7.06. The van der Waals surface area contributed by atoms with Gasteiger partial charge in [-0.1, -0.05) is 29.3 Å². The maximum absolute atomic E-state index is 11.4. The molecule has 20 heavy (non-hydrogen) atoms. The van der Waals surface area contributed by atoms with Crippen LogP contribution in [0.5, 0.6) is 0 Å². The van der Waals surface area contributed by atoms with Gasteiger partial charge in [0.25, 0.3) is 0 Å². The number of hydrogen-bond acceptors (Lipinski definition) is 4. The predicted molar refractivity (Wildman–Crippen MR) is 79.4 cm³/mol. The van der Waals surface area contributed by atoms with Crippen LogP contribution in [-0.2, 0) is 4.79 Å². The van der Waals surface area contributed by atoms with Crippen LogP contribution >= 0.6 is 23.4 Å². The first-order chi connectivity index (χ1) is 9.69. The van der Waals surface area contributed by atoms with Crippen molar-refractivity contribution in [2.75, 3.05) is 12.3 Å². The van der Waals surface area contributed by atoms with E-state index in [0.29, 0.717) is 16.0 Å². The number of halogens is 1. The molecule has 0 atom stereocenters. The lowest BCUT2D eigenvalue weighted by atomic mass is 10.2. The molecule has 2 N–H and O–H groups in total. The van der Waals surface area contributed by atoms with Crippen LogP contribution in [0, 0.1) is 12.3 Å².